The summed E-state index contributed by atoms with van der Waals surface area (Å²) in [6, 6.07) is -0.205. The van der Waals surface area contributed by atoms with Gasteiger partial charge in [0.15, 0.2) is 0 Å². The van der Waals surface area contributed by atoms with Gasteiger partial charge in [-0.2, -0.15) is 0 Å². The van der Waals surface area contributed by atoms with Gasteiger partial charge in [-0.15, -0.1) is 0 Å². The van der Waals surface area contributed by atoms with Gasteiger partial charge in [0, 0.05) is 25.7 Å². The van der Waals surface area contributed by atoms with E-state index in [0.29, 0.717) is 32.5 Å². The predicted octanol–water partition coefficient (Wildman–Crippen LogP) is 2.18. The largest absolute Gasteiger partial charge is 0.335 e. The summed E-state index contributed by atoms with van der Waals surface area (Å²) < 4.78 is 26.5. The van der Waals surface area contributed by atoms with Crippen molar-refractivity contribution in [2.45, 2.75) is 44.9 Å². The minimum atomic E-state index is -3.26. The molecular formula is C17H29N3O3S. The van der Waals surface area contributed by atoms with Crippen LogP contribution < -0.4 is 10.0 Å². The Kier molecular flexibility index (Phi) is 8.21. The molecule has 1 heterocycles. The number of hydrogen-bond donors (Lipinski definition) is 2. The summed E-state index contributed by atoms with van der Waals surface area (Å²) in [6.07, 6.45) is 8.69. The molecule has 1 rings (SSSR count). The molecule has 0 unspecified atom stereocenters. The highest BCUT2D eigenvalue weighted by molar-refractivity contribution is 7.90. The van der Waals surface area contributed by atoms with E-state index in [1.165, 1.54) is 0 Å². The minimum Gasteiger partial charge on any atom is -0.335 e. The van der Waals surface area contributed by atoms with Crippen LogP contribution >= 0.6 is 0 Å². The maximum absolute atomic E-state index is 12.1. The van der Waals surface area contributed by atoms with Crippen molar-refractivity contribution in [3.63, 3.8) is 0 Å². The molecule has 0 aliphatic carbocycles. The molecule has 1 aliphatic rings. The first-order valence-electron chi connectivity index (χ1n) is 8.26. The lowest BCUT2D eigenvalue weighted by molar-refractivity contribution is 0.181. The van der Waals surface area contributed by atoms with E-state index >= 15 is 0 Å². The first-order valence-corrected chi connectivity index (χ1v) is 9.80. The average molecular weight is 356 g/mol. The highest BCUT2D eigenvalue weighted by Gasteiger charge is 2.26. The van der Waals surface area contributed by atoms with Crippen LogP contribution in [0.25, 0.3) is 0 Å². The molecule has 1 saturated heterocycles. The molecule has 0 aromatic heterocycles. The molecule has 6 nitrogen and oxygen atoms in total. The van der Waals surface area contributed by atoms with Gasteiger partial charge in [-0.3, -0.25) is 0 Å². The van der Waals surface area contributed by atoms with E-state index in [0.717, 1.165) is 5.57 Å². The number of nitrogens with zero attached hydrogens (tertiary/aromatic N) is 1. The fourth-order valence-corrected chi connectivity index (χ4v) is 3.29. The molecule has 0 saturated carbocycles. The molecule has 0 radical (unpaired) electrons. The number of sulfonamides is 1. The maximum atomic E-state index is 12.1. The lowest BCUT2D eigenvalue weighted by Crippen LogP contribution is -2.50. The zero-order valence-electron chi connectivity index (χ0n) is 14.8. The summed E-state index contributed by atoms with van der Waals surface area (Å²) in [7, 11) is -3.26. The third kappa shape index (κ3) is 6.88. The normalized spacial score (nSPS) is 17.5. The van der Waals surface area contributed by atoms with E-state index in [2.05, 4.69) is 16.6 Å². The highest BCUT2D eigenvalue weighted by Crippen LogP contribution is 2.12. The van der Waals surface area contributed by atoms with Gasteiger partial charge in [0.25, 0.3) is 0 Å². The summed E-state index contributed by atoms with van der Waals surface area (Å²) in [5.74, 6) is 0. The predicted molar refractivity (Wildman–Crippen MR) is 98.3 cm³/mol. The van der Waals surface area contributed by atoms with Crippen molar-refractivity contribution >= 4 is 16.1 Å². The Morgan fingerprint density at radius 3 is 2.50 bits per heavy atom. The average Bonchev–Trinajstić information content (AvgIpc) is 2.52. The fourth-order valence-electron chi connectivity index (χ4n) is 2.31. The Morgan fingerprint density at radius 2 is 1.96 bits per heavy atom. The number of piperidine rings is 1. The van der Waals surface area contributed by atoms with Gasteiger partial charge in [0.1, 0.15) is 0 Å². The molecule has 0 aromatic rings. The second kappa shape index (κ2) is 9.64. The van der Waals surface area contributed by atoms with Gasteiger partial charge < -0.3 is 10.2 Å². The zero-order valence-corrected chi connectivity index (χ0v) is 15.6. The van der Waals surface area contributed by atoms with Crippen molar-refractivity contribution in [3.8, 4) is 0 Å². The summed E-state index contributed by atoms with van der Waals surface area (Å²) in [5, 5.41) is 2.40. The highest BCUT2D eigenvalue weighted by atomic mass is 32.2. The van der Waals surface area contributed by atoms with Gasteiger partial charge in [-0.1, -0.05) is 36.5 Å². The van der Waals surface area contributed by atoms with E-state index in [-0.39, 0.29) is 12.1 Å². The van der Waals surface area contributed by atoms with Crippen molar-refractivity contribution < 1.29 is 13.2 Å². The third-order valence-electron chi connectivity index (χ3n) is 3.87. The van der Waals surface area contributed by atoms with E-state index in [1.807, 2.05) is 25.2 Å². The van der Waals surface area contributed by atoms with Gasteiger partial charge in [0.05, 0.1) is 5.25 Å². The molecule has 136 valence electrons. The van der Waals surface area contributed by atoms with Crippen LogP contribution in [0.1, 0.15) is 33.6 Å². The van der Waals surface area contributed by atoms with Gasteiger partial charge in [-0.25, -0.2) is 17.9 Å². The Morgan fingerprint density at radius 1 is 1.33 bits per heavy atom. The van der Waals surface area contributed by atoms with Crippen molar-refractivity contribution in [2.24, 2.45) is 0 Å². The zero-order chi connectivity index (χ0) is 18.2. The molecule has 0 aromatic carbocycles. The fraction of sp³-hybridized carbons (Fsp3) is 0.588. The smallest absolute Gasteiger partial charge is 0.317 e. The van der Waals surface area contributed by atoms with Gasteiger partial charge in [-0.05, 0) is 33.6 Å². The van der Waals surface area contributed by atoms with Crippen LogP contribution in [-0.4, -0.2) is 50.3 Å². The van der Waals surface area contributed by atoms with Crippen LogP contribution in [0.4, 0.5) is 4.79 Å². The third-order valence-corrected chi connectivity index (χ3v) is 5.77. The van der Waals surface area contributed by atoms with Crippen molar-refractivity contribution in [2.75, 3.05) is 19.6 Å². The Labute approximate surface area is 145 Å². The second-order valence-electron chi connectivity index (χ2n) is 6.21. The molecule has 2 N–H and O–H groups in total. The Balaban J connectivity index is 2.36. The molecule has 2 amide bonds. The van der Waals surface area contributed by atoms with Crippen LogP contribution in [0.15, 0.2) is 36.5 Å². The van der Waals surface area contributed by atoms with Gasteiger partial charge >= 0.3 is 6.03 Å². The van der Waals surface area contributed by atoms with E-state index in [1.54, 1.807) is 24.8 Å². The van der Waals surface area contributed by atoms with Crippen LogP contribution in [0.3, 0.4) is 0 Å². The number of allylic oxidation sites excluding steroid dienone is 4. The first-order chi connectivity index (χ1) is 11.3. The molecule has 1 aliphatic heterocycles. The molecular weight excluding hydrogens is 326 g/mol. The number of nitrogens with one attached hydrogen (secondary N) is 2. The molecule has 0 atom stereocenters. The summed E-state index contributed by atoms with van der Waals surface area (Å²) >= 11 is 0. The molecule has 1 fully saturated rings. The van der Waals surface area contributed by atoms with Crippen molar-refractivity contribution in [1.29, 1.82) is 0 Å². The number of hydrogen-bond acceptors (Lipinski definition) is 3. The number of rotatable bonds is 7. The van der Waals surface area contributed by atoms with Crippen LogP contribution in [0.2, 0.25) is 0 Å². The number of likely N-dealkylation sites (tertiary alicyclic amines) is 1. The van der Waals surface area contributed by atoms with E-state index < -0.39 is 15.3 Å². The standard InChI is InChI=1S/C17H29N3O3S/c1-5-7-15(4)8-6-11-18-17(21)20-12-9-16(10-13-20)19-24(22,23)14(2)3/h5-8,14,16,19H,1,9-13H2,2-4H3,(H,18,21)/b8-6-,15-7-. The molecule has 7 heteroatoms. The van der Waals surface area contributed by atoms with Crippen LogP contribution in [0, 0.1) is 0 Å². The summed E-state index contributed by atoms with van der Waals surface area (Å²) in [5.41, 5.74) is 1.07. The summed E-state index contributed by atoms with van der Waals surface area (Å²) in [4.78, 5) is 13.8. The lowest BCUT2D eigenvalue weighted by Gasteiger charge is -2.32. The van der Waals surface area contributed by atoms with Crippen LogP contribution in [-0.2, 0) is 10.0 Å². The number of amides is 2. The van der Waals surface area contributed by atoms with Crippen molar-refractivity contribution in [3.05, 3.63) is 36.5 Å². The van der Waals surface area contributed by atoms with E-state index in [9.17, 15) is 13.2 Å². The van der Waals surface area contributed by atoms with E-state index in [4.69, 9.17) is 0 Å². The lowest BCUT2D eigenvalue weighted by atomic mass is 10.1. The van der Waals surface area contributed by atoms with Gasteiger partial charge in [0.2, 0.25) is 10.0 Å². The second-order valence-corrected chi connectivity index (χ2v) is 8.48. The Bertz CT molecular complexity index is 586. The molecule has 0 bridgehead atoms. The molecule has 0 spiro atoms. The number of carbonyl (C=O) groups is 1. The minimum absolute atomic E-state index is 0.0898. The topological polar surface area (TPSA) is 78.5 Å². The number of urea groups is 1. The molecule has 24 heavy (non-hydrogen) atoms. The SMILES string of the molecule is C=C/C=C(C)\C=C/CNC(=O)N1CCC(NS(=O)(=O)C(C)C)CC1. The van der Waals surface area contributed by atoms with Crippen molar-refractivity contribution in [1.82, 2.24) is 14.9 Å². The van der Waals surface area contributed by atoms with Crippen LogP contribution in [0.5, 0.6) is 0 Å². The maximum Gasteiger partial charge on any atom is 0.317 e. The Hall–Kier alpha value is -1.60. The first kappa shape index (κ1) is 20.4. The quantitative estimate of drug-likeness (QED) is 0.687. The summed E-state index contributed by atoms with van der Waals surface area (Å²) in [6.45, 7) is 10.5. The number of carbonyl (C=O) groups excluding carboxylic acids is 1. The monoisotopic (exact) mass is 355 g/mol.